The predicted octanol–water partition coefficient (Wildman–Crippen LogP) is 2.54. The van der Waals surface area contributed by atoms with Crippen molar-refractivity contribution in [2.24, 2.45) is 0 Å². The summed E-state index contributed by atoms with van der Waals surface area (Å²) in [6.45, 7) is 2.20. The van der Waals surface area contributed by atoms with Gasteiger partial charge in [-0.3, -0.25) is 0 Å². The number of aliphatic hydroxyl groups is 1. The zero-order valence-corrected chi connectivity index (χ0v) is 12.1. The third kappa shape index (κ3) is 3.16. The SMILES string of the molecule is Nc1ccc(C2CCN(c3ccc(CO)cc3)CC2)cn1. The van der Waals surface area contributed by atoms with E-state index in [0.717, 1.165) is 31.5 Å². The Morgan fingerprint density at radius 3 is 2.38 bits per heavy atom. The number of aromatic nitrogens is 1. The zero-order valence-electron chi connectivity index (χ0n) is 12.1. The number of rotatable bonds is 3. The molecule has 0 spiro atoms. The molecule has 2 aromatic rings. The van der Waals surface area contributed by atoms with Gasteiger partial charge < -0.3 is 15.7 Å². The smallest absolute Gasteiger partial charge is 0.123 e. The van der Waals surface area contributed by atoms with Crippen LogP contribution in [0.4, 0.5) is 11.5 Å². The molecular weight excluding hydrogens is 262 g/mol. The monoisotopic (exact) mass is 283 g/mol. The molecule has 110 valence electrons. The van der Waals surface area contributed by atoms with Crippen molar-refractivity contribution in [3.8, 4) is 0 Å². The summed E-state index contributed by atoms with van der Waals surface area (Å²) in [7, 11) is 0. The van der Waals surface area contributed by atoms with Crippen molar-refractivity contribution in [1.82, 2.24) is 4.98 Å². The minimum absolute atomic E-state index is 0.104. The van der Waals surface area contributed by atoms with Gasteiger partial charge in [-0.1, -0.05) is 18.2 Å². The first kappa shape index (κ1) is 13.9. The second-order valence-electron chi connectivity index (χ2n) is 5.60. The van der Waals surface area contributed by atoms with Gasteiger partial charge in [-0.2, -0.15) is 0 Å². The summed E-state index contributed by atoms with van der Waals surface area (Å²) in [5.41, 5.74) is 9.13. The van der Waals surface area contributed by atoms with Crippen LogP contribution >= 0.6 is 0 Å². The maximum absolute atomic E-state index is 9.09. The average molecular weight is 283 g/mol. The summed E-state index contributed by atoms with van der Waals surface area (Å²) in [5.74, 6) is 1.16. The Balaban J connectivity index is 1.62. The van der Waals surface area contributed by atoms with Gasteiger partial charge in [-0.05, 0) is 48.1 Å². The van der Waals surface area contributed by atoms with Crippen LogP contribution in [0.25, 0.3) is 0 Å². The summed E-state index contributed by atoms with van der Waals surface area (Å²) in [6.07, 6.45) is 4.17. The van der Waals surface area contributed by atoms with Gasteiger partial charge in [0.25, 0.3) is 0 Å². The number of nitrogens with zero attached hydrogens (tertiary/aromatic N) is 2. The molecule has 1 aliphatic rings. The van der Waals surface area contributed by atoms with Gasteiger partial charge in [0.05, 0.1) is 6.61 Å². The zero-order chi connectivity index (χ0) is 14.7. The van der Waals surface area contributed by atoms with Crippen LogP contribution < -0.4 is 10.6 Å². The maximum atomic E-state index is 9.09. The molecule has 0 unspecified atom stereocenters. The standard InChI is InChI=1S/C17H21N3O/c18-17-6-3-15(11-19-17)14-7-9-20(10-8-14)16-4-1-13(12-21)2-5-16/h1-6,11,14,21H,7-10,12H2,(H2,18,19). The molecule has 1 aromatic carbocycles. The average Bonchev–Trinajstić information content (AvgIpc) is 2.56. The van der Waals surface area contributed by atoms with E-state index in [1.807, 2.05) is 24.4 Å². The topological polar surface area (TPSA) is 62.4 Å². The van der Waals surface area contributed by atoms with Crippen molar-refractivity contribution in [1.29, 1.82) is 0 Å². The highest BCUT2D eigenvalue weighted by Gasteiger charge is 2.20. The van der Waals surface area contributed by atoms with Crippen molar-refractivity contribution in [3.63, 3.8) is 0 Å². The van der Waals surface area contributed by atoms with E-state index in [1.165, 1.54) is 11.3 Å². The van der Waals surface area contributed by atoms with Gasteiger partial charge in [0, 0.05) is 25.0 Å². The molecular formula is C17H21N3O. The van der Waals surface area contributed by atoms with E-state index >= 15 is 0 Å². The van der Waals surface area contributed by atoms with E-state index in [0.29, 0.717) is 11.7 Å². The van der Waals surface area contributed by atoms with Gasteiger partial charge in [0.15, 0.2) is 0 Å². The number of hydrogen-bond acceptors (Lipinski definition) is 4. The molecule has 1 fully saturated rings. The predicted molar refractivity (Wildman–Crippen MR) is 85.2 cm³/mol. The van der Waals surface area contributed by atoms with Gasteiger partial charge in [0.1, 0.15) is 5.82 Å². The van der Waals surface area contributed by atoms with Gasteiger partial charge in [0.2, 0.25) is 0 Å². The second kappa shape index (κ2) is 6.14. The van der Waals surface area contributed by atoms with E-state index in [1.54, 1.807) is 0 Å². The summed E-state index contributed by atoms with van der Waals surface area (Å²) in [4.78, 5) is 6.60. The summed E-state index contributed by atoms with van der Waals surface area (Å²) in [5, 5.41) is 9.09. The van der Waals surface area contributed by atoms with Gasteiger partial charge in [-0.15, -0.1) is 0 Å². The molecule has 0 bridgehead atoms. The van der Waals surface area contributed by atoms with Crippen LogP contribution in [0.2, 0.25) is 0 Å². The fourth-order valence-corrected chi connectivity index (χ4v) is 2.94. The molecule has 1 saturated heterocycles. The van der Waals surface area contributed by atoms with Gasteiger partial charge in [-0.25, -0.2) is 4.98 Å². The molecule has 3 N–H and O–H groups in total. The lowest BCUT2D eigenvalue weighted by Gasteiger charge is -2.33. The van der Waals surface area contributed by atoms with Crippen molar-refractivity contribution in [2.75, 3.05) is 23.7 Å². The Labute approximate surface area is 125 Å². The van der Waals surface area contributed by atoms with Crippen LogP contribution in [0.1, 0.15) is 29.9 Å². The molecule has 21 heavy (non-hydrogen) atoms. The fraction of sp³-hybridized carbons (Fsp3) is 0.353. The van der Waals surface area contributed by atoms with E-state index < -0.39 is 0 Å². The Hall–Kier alpha value is -2.07. The molecule has 3 rings (SSSR count). The first-order valence-electron chi connectivity index (χ1n) is 7.42. The molecule has 1 aliphatic heterocycles. The molecule has 0 atom stereocenters. The van der Waals surface area contributed by atoms with E-state index in [2.05, 4.69) is 28.1 Å². The third-order valence-corrected chi connectivity index (χ3v) is 4.26. The molecule has 0 radical (unpaired) electrons. The first-order chi connectivity index (χ1) is 10.3. The van der Waals surface area contributed by atoms with E-state index in [-0.39, 0.29) is 6.61 Å². The lowest BCUT2D eigenvalue weighted by molar-refractivity contribution is 0.282. The van der Waals surface area contributed by atoms with Crippen LogP contribution in [0, 0.1) is 0 Å². The third-order valence-electron chi connectivity index (χ3n) is 4.26. The Bertz CT molecular complexity index is 572. The fourth-order valence-electron chi connectivity index (χ4n) is 2.94. The number of aliphatic hydroxyl groups excluding tert-OH is 1. The van der Waals surface area contributed by atoms with Crippen molar-refractivity contribution >= 4 is 11.5 Å². The highest BCUT2D eigenvalue weighted by molar-refractivity contribution is 5.48. The number of hydrogen-bond donors (Lipinski definition) is 2. The van der Waals surface area contributed by atoms with Crippen LogP contribution in [0.5, 0.6) is 0 Å². The van der Waals surface area contributed by atoms with Crippen molar-refractivity contribution < 1.29 is 5.11 Å². The normalized spacial score (nSPS) is 16.1. The lowest BCUT2D eigenvalue weighted by Crippen LogP contribution is -2.32. The largest absolute Gasteiger partial charge is 0.392 e. The lowest BCUT2D eigenvalue weighted by atomic mass is 9.90. The number of anilines is 2. The quantitative estimate of drug-likeness (QED) is 0.908. The maximum Gasteiger partial charge on any atom is 0.123 e. The second-order valence-corrected chi connectivity index (χ2v) is 5.60. The number of nitrogen functional groups attached to an aromatic ring is 1. The Kier molecular flexibility index (Phi) is 4.06. The van der Waals surface area contributed by atoms with E-state index in [9.17, 15) is 0 Å². The number of nitrogens with two attached hydrogens (primary N) is 1. The highest BCUT2D eigenvalue weighted by Crippen LogP contribution is 2.30. The van der Waals surface area contributed by atoms with Crippen LogP contribution in [0.15, 0.2) is 42.6 Å². The summed E-state index contributed by atoms with van der Waals surface area (Å²) in [6, 6.07) is 12.2. The Morgan fingerprint density at radius 1 is 1.10 bits per heavy atom. The minimum Gasteiger partial charge on any atom is -0.392 e. The summed E-state index contributed by atoms with van der Waals surface area (Å²) >= 11 is 0. The molecule has 0 amide bonds. The molecule has 1 aromatic heterocycles. The molecule has 4 nitrogen and oxygen atoms in total. The molecule has 4 heteroatoms. The van der Waals surface area contributed by atoms with Gasteiger partial charge >= 0.3 is 0 Å². The molecule has 2 heterocycles. The number of piperidine rings is 1. The first-order valence-corrected chi connectivity index (χ1v) is 7.42. The van der Waals surface area contributed by atoms with E-state index in [4.69, 9.17) is 10.8 Å². The highest BCUT2D eigenvalue weighted by atomic mass is 16.3. The molecule has 0 aliphatic carbocycles. The Morgan fingerprint density at radius 2 is 1.81 bits per heavy atom. The van der Waals surface area contributed by atoms with Crippen LogP contribution in [0.3, 0.4) is 0 Å². The van der Waals surface area contributed by atoms with Crippen LogP contribution in [-0.4, -0.2) is 23.2 Å². The van der Waals surface area contributed by atoms with Crippen molar-refractivity contribution in [2.45, 2.75) is 25.4 Å². The molecule has 0 saturated carbocycles. The van der Waals surface area contributed by atoms with Crippen molar-refractivity contribution in [3.05, 3.63) is 53.7 Å². The number of benzene rings is 1. The summed E-state index contributed by atoms with van der Waals surface area (Å²) < 4.78 is 0. The van der Waals surface area contributed by atoms with Crippen LogP contribution in [-0.2, 0) is 6.61 Å². The minimum atomic E-state index is 0.104. The number of pyridine rings is 1.